The van der Waals surface area contributed by atoms with Crippen LogP contribution < -0.4 is 5.73 Å². The Hall–Kier alpha value is -0.950. The minimum atomic E-state index is -1.91. The number of aliphatic hydroxyl groups excluding tert-OH is 4. The zero-order valence-corrected chi connectivity index (χ0v) is 6.87. The van der Waals surface area contributed by atoms with Crippen molar-refractivity contribution in [1.29, 1.82) is 0 Å². The second kappa shape index (κ2) is 4.93. The fraction of sp³-hybridized carbons (Fsp3) is 0.571. The first-order chi connectivity index (χ1) is 5.91. The number of rotatable bonds is 5. The lowest BCUT2D eigenvalue weighted by Crippen LogP contribution is -2.49. The molecule has 0 spiro atoms. The van der Waals surface area contributed by atoms with Gasteiger partial charge in [-0.3, -0.25) is 4.79 Å². The molecule has 6 nitrogen and oxygen atoms in total. The van der Waals surface area contributed by atoms with Crippen LogP contribution >= 0.6 is 0 Å². The Labute approximate surface area is 74.9 Å². The zero-order valence-electron chi connectivity index (χ0n) is 6.87. The van der Waals surface area contributed by atoms with Gasteiger partial charge < -0.3 is 26.2 Å². The molecule has 0 aliphatic carbocycles. The molecule has 6 N–H and O–H groups in total. The van der Waals surface area contributed by atoms with Crippen molar-refractivity contribution in [1.82, 2.24) is 0 Å². The molecular weight excluding hydrogens is 178 g/mol. The van der Waals surface area contributed by atoms with Crippen molar-refractivity contribution in [3.05, 3.63) is 12.7 Å². The van der Waals surface area contributed by atoms with Gasteiger partial charge in [0.25, 0.3) is 0 Å². The molecule has 0 rings (SSSR count). The highest BCUT2D eigenvalue weighted by Gasteiger charge is 2.31. The third-order valence-corrected chi connectivity index (χ3v) is 1.56. The Balaban J connectivity index is 4.32. The van der Waals surface area contributed by atoms with E-state index in [0.717, 1.165) is 6.08 Å². The van der Waals surface area contributed by atoms with Crippen molar-refractivity contribution < 1.29 is 25.2 Å². The molecular formula is C7H13NO5. The molecule has 4 atom stereocenters. The number of primary amides is 1. The van der Waals surface area contributed by atoms with Gasteiger partial charge in [0, 0.05) is 0 Å². The fourth-order valence-corrected chi connectivity index (χ4v) is 0.697. The van der Waals surface area contributed by atoms with E-state index in [0.29, 0.717) is 0 Å². The van der Waals surface area contributed by atoms with E-state index in [9.17, 15) is 4.79 Å². The van der Waals surface area contributed by atoms with Crippen molar-refractivity contribution in [3.63, 3.8) is 0 Å². The molecule has 0 aliphatic rings. The second-order valence-corrected chi connectivity index (χ2v) is 2.55. The summed E-state index contributed by atoms with van der Waals surface area (Å²) in [6.07, 6.45) is -5.90. The summed E-state index contributed by atoms with van der Waals surface area (Å²) in [5, 5.41) is 35.9. The molecule has 6 heteroatoms. The molecule has 0 aromatic heterocycles. The topological polar surface area (TPSA) is 124 Å². The van der Waals surface area contributed by atoms with Gasteiger partial charge in [-0.15, -0.1) is 6.58 Å². The van der Waals surface area contributed by atoms with Gasteiger partial charge >= 0.3 is 0 Å². The van der Waals surface area contributed by atoms with E-state index in [2.05, 4.69) is 12.3 Å². The minimum absolute atomic E-state index is 0.960. The molecule has 76 valence electrons. The summed E-state index contributed by atoms with van der Waals surface area (Å²) in [6.45, 7) is 3.15. The first-order valence-corrected chi connectivity index (χ1v) is 3.56. The molecule has 0 fully saturated rings. The van der Waals surface area contributed by atoms with E-state index in [1.54, 1.807) is 0 Å². The van der Waals surface area contributed by atoms with Crippen LogP contribution in [0.5, 0.6) is 0 Å². The smallest absolute Gasteiger partial charge is 0.249 e. The van der Waals surface area contributed by atoms with Crippen LogP contribution in [0.3, 0.4) is 0 Å². The largest absolute Gasteiger partial charge is 0.387 e. The number of amides is 1. The van der Waals surface area contributed by atoms with Gasteiger partial charge in [-0.1, -0.05) is 6.08 Å². The third kappa shape index (κ3) is 3.11. The van der Waals surface area contributed by atoms with Crippen LogP contribution in [0.2, 0.25) is 0 Å². The molecule has 0 saturated carbocycles. The maximum absolute atomic E-state index is 10.3. The summed E-state index contributed by atoms with van der Waals surface area (Å²) >= 11 is 0. The number of hydrogen-bond donors (Lipinski definition) is 5. The molecule has 0 radical (unpaired) electrons. The lowest BCUT2D eigenvalue weighted by Gasteiger charge is -2.22. The lowest BCUT2D eigenvalue weighted by atomic mass is 10.0. The number of nitrogens with two attached hydrogens (primary N) is 1. The van der Waals surface area contributed by atoms with Crippen molar-refractivity contribution in [2.45, 2.75) is 24.4 Å². The Morgan fingerprint density at radius 2 is 1.69 bits per heavy atom. The third-order valence-electron chi connectivity index (χ3n) is 1.56. The molecule has 0 unspecified atom stereocenters. The van der Waals surface area contributed by atoms with Gasteiger partial charge in [-0.25, -0.2) is 0 Å². The standard InChI is InChI=1S/C7H13NO5/c1-2-3(9)4(10)5(11)6(12)7(8)13/h2-6,9-12H,1H2,(H2,8,13)/t3-,4+,5+,6-/m0/s1. The van der Waals surface area contributed by atoms with Crippen LogP contribution in [-0.4, -0.2) is 50.7 Å². The molecule has 0 aromatic carbocycles. The molecule has 0 bridgehead atoms. The summed E-state index contributed by atoms with van der Waals surface area (Å²) in [6, 6.07) is 0. The lowest BCUT2D eigenvalue weighted by molar-refractivity contribution is -0.141. The number of carbonyl (C=O) groups excluding carboxylic acids is 1. The maximum Gasteiger partial charge on any atom is 0.249 e. The molecule has 1 amide bonds. The van der Waals surface area contributed by atoms with Crippen LogP contribution in [0.1, 0.15) is 0 Å². The van der Waals surface area contributed by atoms with Crippen molar-refractivity contribution in [2.24, 2.45) is 5.73 Å². The SMILES string of the molecule is C=C[C@H](O)[C@@H](O)[C@@H](O)[C@H](O)C(N)=O. The quantitative estimate of drug-likeness (QED) is 0.298. The predicted molar refractivity (Wildman–Crippen MR) is 43.4 cm³/mol. The normalized spacial score (nSPS) is 20.0. The molecule has 0 aromatic rings. The van der Waals surface area contributed by atoms with Gasteiger partial charge in [0.1, 0.15) is 18.3 Å². The van der Waals surface area contributed by atoms with Gasteiger partial charge in [0.05, 0.1) is 0 Å². The van der Waals surface area contributed by atoms with E-state index in [-0.39, 0.29) is 0 Å². The molecule has 0 heterocycles. The highest BCUT2D eigenvalue weighted by atomic mass is 16.4. The Morgan fingerprint density at radius 3 is 2.00 bits per heavy atom. The van der Waals surface area contributed by atoms with E-state index in [1.165, 1.54) is 0 Å². The maximum atomic E-state index is 10.3. The Kier molecular flexibility index (Phi) is 4.57. The average Bonchev–Trinajstić information content (AvgIpc) is 2.12. The fourth-order valence-electron chi connectivity index (χ4n) is 0.697. The molecule has 0 aliphatic heterocycles. The highest BCUT2D eigenvalue weighted by molar-refractivity contribution is 5.79. The second-order valence-electron chi connectivity index (χ2n) is 2.55. The number of hydrogen-bond acceptors (Lipinski definition) is 5. The van der Waals surface area contributed by atoms with Crippen LogP contribution in [-0.2, 0) is 4.79 Å². The van der Waals surface area contributed by atoms with Gasteiger partial charge in [-0.2, -0.15) is 0 Å². The first kappa shape index (κ1) is 12.0. The summed E-state index contributed by atoms with van der Waals surface area (Å²) in [4.78, 5) is 10.3. The van der Waals surface area contributed by atoms with Gasteiger partial charge in [-0.05, 0) is 0 Å². The van der Waals surface area contributed by atoms with Crippen LogP contribution in [0.4, 0.5) is 0 Å². The highest BCUT2D eigenvalue weighted by Crippen LogP contribution is 2.05. The summed E-state index contributed by atoms with van der Waals surface area (Å²) in [5.74, 6) is -1.18. The van der Waals surface area contributed by atoms with Gasteiger partial charge in [0.15, 0.2) is 6.10 Å². The van der Waals surface area contributed by atoms with E-state index in [4.69, 9.17) is 20.4 Å². The van der Waals surface area contributed by atoms with Crippen LogP contribution in [0, 0.1) is 0 Å². The van der Waals surface area contributed by atoms with Gasteiger partial charge in [0.2, 0.25) is 5.91 Å². The van der Waals surface area contributed by atoms with Crippen molar-refractivity contribution in [2.75, 3.05) is 0 Å². The van der Waals surface area contributed by atoms with Crippen LogP contribution in [0.25, 0.3) is 0 Å². The number of aliphatic hydroxyl groups is 4. The van der Waals surface area contributed by atoms with E-state index < -0.39 is 30.3 Å². The molecule has 13 heavy (non-hydrogen) atoms. The summed E-state index contributed by atoms with van der Waals surface area (Å²) in [7, 11) is 0. The number of carbonyl (C=O) groups is 1. The Morgan fingerprint density at radius 1 is 1.23 bits per heavy atom. The Bertz CT molecular complexity index is 195. The monoisotopic (exact) mass is 191 g/mol. The van der Waals surface area contributed by atoms with Crippen LogP contribution in [0.15, 0.2) is 12.7 Å². The average molecular weight is 191 g/mol. The predicted octanol–water partition coefficient (Wildman–Crippen LogP) is -2.90. The van der Waals surface area contributed by atoms with Crippen molar-refractivity contribution in [3.8, 4) is 0 Å². The first-order valence-electron chi connectivity index (χ1n) is 3.56. The van der Waals surface area contributed by atoms with E-state index in [1.807, 2.05) is 0 Å². The summed E-state index contributed by atoms with van der Waals surface area (Å²) < 4.78 is 0. The molecule has 0 saturated heterocycles. The minimum Gasteiger partial charge on any atom is -0.387 e. The van der Waals surface area contributed by atoms with Crippen molar-refractivity contribution >= 4 is 5.91 Å². The summed E-state index contributed by atoms with van der Waals surface area (Å²) in [5.41, 5.74) is 4.65. The van der Waals surface area contributed by atoms with E-state index >= 15 is 0 Å². The zero-order chi connectivity index (χ0) is 10.6.